The summed E-state index contributed by atoms with van der Waals surface area (Å²) in [4.78, 5) is 25.5. The Bertz CT molecular complexity index is 338. The van der Waals surface area contributed by atoms with E-state index in [1.807, 2.05) is 0 Å². The van der Waals surface area contributed by atoms with Gasteiger partial charge < -0.3 is 35.1 Å². The minimum absolute atomic E-state index is 0.934. The number of aliphatic hydroxyl groups is 4. The van der Waals surface area contributed by atoms with Crippen molar-refractivity contribution in [2.45, 2.75) is 18.3 Å². The van der Waals surface area contributed by atoms with E-state index in [0.717, 1.165) is 0 Å². The van der Waals surface area contributed by atoms with Crippen LogP contribution in [0.15, 0.2) is 0 Å². The Labute approximate surface area is 101 Å². The van der Waals surface area contributed by atoms with Gasteiger partial charge in [-0.2, -0.15) is 4.31 Å². The maximum Gasteiger partial charge on any atom is 0.481 e. The first-order valence-corrected chi connectivity index (χ1v) is 7.41. The molecule has 0 aliphatic rings. The van der Waals surface area contributed by atoms with E-state index < -0.39 is 47.2 Å². The molecule has 18 heavy (non-hydrogen) atoms. The van der Waals surface area contributed by atoms with Crippen molar-refractivity contribution in [2.24, 2.45) is 0 Å². The number of aliphatic hydroxyl groups excluding tert-OH is 4. The highest BCUT2D eigenvalue weighted by atomic mass is 31.3. The Morgan fingerprint density at radius 2 is 1.50 bits per heavy atom. The van der Waals surface area contributed by atoms with E-state index >= 15 is 0 Å². The molecule has 0 aromatic heterocycles. The Kier molecular flexibility index (Phi) is 7.07. The third kappa shape index (κ3) is 6.88. The molecule has 11 nitrogen and oxygen atoms in total. The summed E-state index contributed by atoms with van der Waals surface area (Å²) in [7, 11) is -10.6. The maximum atomic E-state index is 11.1. The van der Waals surface area contributed by atoms with Crippen LogP contribution in [-0.4, -0.2) is 66.6 Å². The highest BCUT2D eigenvalue weighted by molar-refractivity contribution is 7.60. The first-order valence-electron chi connectivity index (χ1n) is 4.38. The average Bonchev–Trinajstić information content (AvgIpc) is 2.20. The van der Waals surface area contributed by atoms with Gasteiger partial charge in [0.2, 0.25) is 0 Å². The van der Waals surface area contributed by atoms with Gasteiger partial charge in [-0.1, -0.05) is 0 Å². The van der Waals surface area contributed by atoms with E-state index in [0.29, 0.717) is 0 Å². The second kappa shape index (κ2) is 7.04. The number of hydrogen-bond acceptors (Lipinski definition) is 8. The van der Waals surface area contributed by atoms with Gasteiger partial charge >= 0.3 is 15.6 Å². The Morgan fingerprint density at radius 3 is 1.83 bits per heavy atom. The number of rotatable bonds is 8. The smallest absolute Gasteiger partial charge is 0.394 e. The van der Waals surface area contributed by atoms with Crippen LogP contribution in [-0.2, 0) is 18.0 Å². The van der Waals surface area contributed by atoms with Crippen LogP contribution in [0, 0.1) is 0 Å². The van der Waals surface area contributed by atoms with Gasteiger partial charge in [0.25, 0.3) is 0 Å². The molecule has 0 spiro atoms. The lowest BCUT2D eigenvalue weighted by Crippen LogP contribution is -2.42. The summed E-state index contributed by atoms with van der Waals surface area (Å²) >= 11 is 0. The summed E-state index contributed by atoms with van der Waals surface area (Å²) in [6.45, 7) is -2.01. The van der Waals surface area contributed by atoms with Crippen LogP contribution in [0.1, 0.15) is 0 Å². The van der Waals surface area contributed by atoms with Crippen molar-refractivity contribution >= 4 is 15.6 Å². The number of phosphoric ester groups is 1. The van der Waals surface area contributed by atoms with Crippen LogP contribution < -0.4 is 0 Å². The molecular formula is C5H14O11P2. The molecule has 7 N–H and O–H groups in total. The fraction of sp³-hybridized carbons (Fsp3) is 1.00. The summed E-state index contributed by atoms with van der Waals surface area (Å²) in [5.41, 5.74) is 0. The van der Waals surface area contributed by atoms with Crippen molar-refractivity contribution in [1.29, 1.82) is 0 Å². The fourth-order valence-corrected chi connectivity index (χ4v) is 2.65. The summed E-state index contributed by atoms with van der Waals surface area (Å²) in [6, 6.07) is 0. The molecule has 0 rings (SSSR count). The van der Waals surface area contributed by atoms with Gasteiger partial charge in [0.05, 0.1) is 13.2 Å². The summed E-state index contributed by atoms with van der Waals surface area (Å²) in [6.07, 6.45) is -5.66. The molecular weight excluding hydrogens is 298 g/mol. The zero-order valence-corrected chi connectivity index (χ0v) is 10.6. The van der Waals surface area contributed by atoms with Gasteiger partial charge in [-0.25, -0.2) is 9.13 Å². The molecule has 0 aromatic carbocycles. The van der Waals surface area contributed by atoms with E-state index in [1.54, 1.807) is 0 Å². The molecule has 0 saturated carbocycles. The molecule has 4 atom stereocenters. The minimum atomic E-state index is -5.33. The average molecular weight is 312 g/mol. The molecule has 0 aliphatic carbocycles. The maximum absolute atomic E-state index is 11.1. The van der Waals surface area contributed by atoms with Crippen LogP contribution in [0.4, 0.5) is 0 Å². The lowest BCUT2D eigenvalue weighted by molar-refractivity contribution is -0.0869. The monoisotopic (exact) mass is 312 g/mol. The summed E-state index contributed by atoms with van der Waals surface area (Å²) < 4.78 is 28.9. The quantitative estimate of drug-likeness (QED) is 0.230. The molecule has 0 aromatic rings. The zero-order chi connectivity index (χ0) is 14.6. The molecule has 0 saturated heterocycles. The van der Waals surface area contributed by atoms with E-state index in [-0.39, 0.29) is 0 Å². The van der Waals surface area contributed by atoms with Crippen molar-refractivity contribution < 1.29 is 53.1 Å². The standard InChI is InChI=1S/C5H14O11P2/c6-1-3(8)5(9)4(2-7)15-18(13,14)16-17(10,11)12/h3-9H,1-2H2,(H,13,14)(H2,10,11,12)/t3-,4+,5-/m1/s1. The van der Waals surface area contributed by atoms with Crippen LogP contribution in [0.25, 0.3) is 0 Å². The SMILES string of the molecule is O=P(O)(O)OP(=O)(O)O[C@@H](CO)[C@H](O)[C@H](O)CO. The van der Waals surface area contributed by atoms with Crippen molar-refractivity contribution in [3.8, 4) is 0 Å². The van der Waals surface area contributed by atoms with E-state index in [2.05, 4.69) is 8.83 Å². The molecule has 1 unspecified atom stereocenters. The Morgan fingerprint density at radius 1 is 1.00 bits per heavy atom. The van der Waals surface area contributed by atoms with Crippen LogP contribution >= 0.6 is 15.6 Å². The van der Waals surface area contributed by atoms with E-state index in [1.165, 1.54) is 0 Å². The van der Waals surface area contributed by atoms with Crippen molar-refractivity contribution in [1.82, 2.24) is 0 Å². The van der Waals surface area contributed by atoms with Gasteiger partial charge in [-0.15, -0.1) is 0 Å². The lowest BCUT2D eigenvalue weighted by Gasteiger charge is -2.25. The molecule has 13 heteroatoms. The minimum Gasteiger partial charge on any atom is -0.394 e. The fourth-order valence-electron chi connectivity index (χ4n) is 0.884. The molecule has 0 bridgehead atoms. The van der Waals surface area contributed by atoms with Crippen molar-refractivity contribution in [3.63, 3.8) is 0 Å². The van der Waals surface area contributed by atoms with Crippen LogP contribution in [0.3, 0.4) is 0 Å². The summed E-state index contributed by atoms with van der Waals surface area (Å²) in [5, 5.41) is 35.5. The molecule has 0 fully saturated rings. The number of hydrogen-bond donors (Lipinski definition) is 7. The Balaban J connectivity index is 4.72. The molecule has 0 amide bonds. The molecule has 110 valence electrons. The highest BCUT2D eigenvalue weighted by Crippen LogP contribution is 2.58. The predicted molar refractivity (Wildman–Crippen MR) is 54.0 cm³/mol. The van der Waals surface area contributed by atoms with Gasteiger partial charge in [0.15, 0.2) is 0 Å². The second-order valence-electron chi connectivity index (χ2n) is 3.11. The molecule has 0 aliphatic heterocycles. The Hall–Kier alpha value is 0.1000. The lowest BCUT2D eigenvalue weighted by atomic mass is 10.1. The summed E-state index contributed by atoms with van der Waals surface area (Å²) in [5.74, 6) is 0. The van der Waals surface area contributed by atoms with E-state index in [4.69, 9.17) is 30.0 Å². The predicted octanol–water partition coefficient (Wildman–Crippen LogP) is -2.71. The second-order valence-corrected chi connectivity index (χ2v) is 5.89. The van der Waals surface area contributed by atoms with E-state index in [9.17, 15) is 14.2 Å². The highest BCUT2D eigenvalue weighted by Gasteiger charge is 2.38. The molecule has 0 radical (unpaired) electrons. The largest absolute Gasteiger partial charge is 0.481 e. The number of phosphoric acid groups is 2. The first kappa shape index (κ1) is 18.1. The third-order valence-corrected chi connectivity index (χ3v) is 3.83. The first-order chi connectivity index (χ1) is 8.02. The zero-order valence-electron chi connectivity index (χ0n) is 8.80. The third-order valence-electron chi connectivity index (χ3n) is 1.62. The van der Waals surface area contributed by atoms with Crippen LogP contribution in [0.2, 0.25) is 0 Å². The van der Waals surface area contributed by atoms with Crippen molar-refractivity contribution in [3.05, 3.63) is 0 Å². The van der Waals surface area contributed by atoms with Crippen LogP contribution in [0.5, 0.6) is 0 Å². The normalized spacial score (nSPS) is 21.1. The molecule has 0 heterocycles. The van der Waals surface area contributed by atoms with Gasteiger partial charge in [-0.05, 0) is 0 Å². The van der Waals surface area contributed by atoms with Gasteiger partial charge in [0.1, 0.15) is 18.3 Å². The van der Waals surface area contributed by atoms with Crippen molar-refractivity contribution in [2.75, 3.05) is 13.2 Å². The van der Waals surface area contributed by atoms with Gasteiger partial charge in [-0.3, -0.25) is 4.52 Å². The van der Waals surface area contributed by atoms with Gasteiger partial charge in [0, 0.05) is 0 Å². The topological polar surface area (TPSA) is 194 Å².